The molecule has 1 radical (unpaired) electrons. The van der Waals surface area contributed by atoms with E-state index in [-0.39, 0.29) is 18.9 Å². The molecule has 0 aromatic heterocycles. The Morgan fingerprint density at radius 3 is 1.25 bits per heavy atom. The topological polar surface area (TPSA) is 49.7 Å². The predicted molar refractivity (Wildman–Crippen MR) is 12.1 cm³/mol. The SMILES string of the molecule is OOO.[Li]. The van der Waals surface area contributed by atoms with Crippen molar-refractivity contribution >= 4 is 18.9 Å². The van der Waals surface area contributed by atoms with Crippen LogP contribution < -0.4 is 0 Å². The maximum Gasteiger partial charge on any atom is 0 e. The second kappa shape index (κ2) is 9.78. The van der Waals surface area contributed by atoms with Gasteiger partial charge < -0.3 is 0 Å². The minimum atomic E-state index is 0. The van der Waals surface area contributed by atoms with Crippen LogP contribution >= 0.6 is 0 Å². The average molecular weight is 57.0 g/mol. The first kappa shape index (κ1) is 8.82. The van der Waals surface area contributed by atoms with Gasteiger partial charge in [0.1, 0.15) is 0 Å². The molecule has 0 heterocycles. The van der Waals surface area contributed by atoms with Gasteiger partial charge in [-0.3, -0.25) is 0 Å². The average Bonchev–Trinajstić information content (AvgIpc) is 0.918. The van der Waals surface area contributed by atoms with Crippen molar-refractivity contribution in [1.82, 2.24) is 0 Å². The summed E-state index contributed by atoms with van der Waals surface area (Å²) in [5.74, 6) is 0. The van der Waals surface area contributed by atoms with E-state index in [0.717, 1.165) is 0 Å². The van der Waals surface area contributed by atoms with E-state index in [1.165, 1.54) is 0 Å². The fourth-order valence-electron chi connectivity index (χ4n) is 0. The third-order valence-electron chi connectivity index (χ3n) is 0. The van der Waals surface area contributed by atoms with E-state index in [4.69, 9.17) is 10.5 Å². The van der Waals surface area contributed by atoms with Crippen molar-refractivity contribution < 1.29 is 15.6 Å². The van der Waals surface area contributed by atoms with Gasteiger partial charge in [-0.05, 0) is 0 Å². The zero-order valence-electron chi connectivity index (χ0n) is 2.30. The van der Waals surface area contributed by atoms with E-state index in [1.807, 2.05) is 0 Å². The van der Waals surface area contributed by atoms with Gasteiger partial charge in [-0.2, -0.15) is 0 Å². The Labute approximate surface area is 35.2 Å². The van der Waals surface area contributed by atoms with Crippen molar-refractivity contribution in [2.45, 2.75) is 0 Å². The van der Waals surface area contributed by atoms with Crippen molar-refractivity contribution in [3.05, 3.63) is 0 Å². The normalized spacial score (nSPS) is 4.50. The molecule has 0 saturated carbocycles. The summed E-state index contributed by atoms with van der Waals surface area (Å²) in [6.45, 7) is 0. The van der Waals surface area contributed by atoms with Crippen LogP contribution in [0, 0.1) is 0 Å². The van der Waals surface area contributed by atoms with Gasteiger partial charge in [0.15, 0.2) is 0 Å². The molecule has 0 bridgehead atoms. The fraction of sp³-hybridized carbons (Fsp3) is 0. The van der Waals surface area contributed by atoms with Crippen LogP contribution in [-0.4, -0.2) is 29.4 Å². The number of hydrogen-bond donors (Lipinski definition) is 2. The number of rotatable bonds is 0. The second-order valence-corrected chi connectivity index (χ2v) is 0.0816. The van der Waals surface area contributed by atoms with Crippen LogP contribution in [0.5, 0.6) is 0 Å². The Morgan fingerprint density at radius 1 is 1.25 bits per heavy atom. The van der Waals surface area contributed by atoms with Gasteiger partial charge in [-0.15, -0.1) is 0 Å². The summed E-state index contributed by atoms with van der Waals surface area (Å²) in [6, 6.07) is 0. The van der Waals surface area contributed by atoms with Gasteiger partial charge in [0, 0.05) is 18.9 Å². The molecule has 4 heavy (non-hydrogen) atoms. The molecule has 0 atom stereocenters. The summed E-state index contributed by atoms with van der Waals surface area (Å²) in [6.07, 6.45) is 0. The Hall–Kier alpha value is 0.477. The van der Waals surface area contributed by atoms with E-state index in [9.17, 15) is 0 Å². The molecule has 21 valence electrons. The third-order valence-corrected chi connectivity index (χ3v) is 0. The molecule has 0 aliphatic heterocycles. The molecule has 0 aromatic carbocycles. The molecular weight excluding hydrogens is 54.9 g/mol. The van der Waals surface area contributed by atoms with Gasteiger partial charge in [0.2, 0.25) is 0 Å². The quantitative estimate of drug-likeness (QED) is 0.225. The zero-order valence-corrected chi connectivity index (χ0v) is 2.30. The Kier molecular flexibility index (Phi) is 21.6. The molecule has 2 N–H and O–H groups in total. The summed E-state index contributed by atoms with van der Waals surface area (Å²) >= 11 is 0. The largest absolute Gasteiger partial charge is 0.221 e. The van der Waals surface area contributed by atoms with E-state index in [1.54, 1.807) is 0 Å². The molecule has 0 rings (SSSR count). The van der Waals surface area contributed by atoms with Crippen LogP contribution in [0.4, 0.5) is 0 Å². The van der Waals surface area contributed by atoms with E-state index < -0.39 is 0 Å². The van der Waals surface area contributed by atoms with E-state index in [0.29, 0.717) is 0 Å². The minimum absolute atomic E-state index is 0. The first-order chi connectivity index (χ1) is 1.41. The van der Waals surface area contributed by atoms with Crippen LogP contribution in [0.2, 0.25) is 0 Å². The standard InChI is InChI=1S/Li.H2O3/c;1-3-2/h;1-2H. The first-order valence-corrected chi connectivity index (χ1v) is 0.365. The molecule has 0 aromatic rings. The van der Waals surface area contributed by atoms with Crippen LogP contribution in [0.15, 0.2) is 0 Å². The molecule has 3 nitrogen and oxygen atoms in total. The van der Waals surface area contributed by atoms with Crippen molar-refractivity contribution in [3.8, 4) is 0 Å². The van der Waals surface area contributed by atoms with Gasteiger partial charge in [-0.1, -0.05) is 5.04 Å². The van der Waals surface area contributed by atoms with Crippen LogP contribution in [-0.2, 0) is 5.04 Å². The molecule has 0 amide bonds. The smallest absolute Gasteiger partial charge is 0 e. The summed E-state index contributed by atoms with van der Waals surface area (Å²) in [7, 11) is 0. The molecule has 0 spiro atoms. The Morgan fingerprint density at radius 2 is 1.25 bits per heavy atom. The van der Waals surface area contributed by atoms with Gasteiger partial charge >= 0.3 is 0 Å². The molecule has 0 aliphatic rings. The molecular formula is H2LiO3. The predicted octanol–water partition coefficient (Wildman–Crippen LogP) is -0.432. The summed E-state index contributed by atoms with van der Waals surface area (Å²) in [4.78, 5) is 0. The minimum Gasteiger partial charge on any atom is -0.221 e. The van der Waals surface area contributed by atoms with Crippen molar-refractivity contribution in [2.75, 3.05) is 0 Å². The van der Waals surface area contributed by atoms with Crippen LogP contribution in [0.1, 0.15) is 0 Å². The van der Waals surface area contributed by atoms with Gasteiger partial charge in [0.05, 0.1) is 0 Å². The molecule has 4 heteroatoms. The maximum absolute atomic E-state index is 6.62. The summed E-state index contributed by atoms with van der Waals surface area (Å²) < 4.78 is 0. The first-order valence-electron chi connectivity index (χ1n) is 0.365. The van der Waals surface area contributed by atoms with Crippen LogP contribution in [0.3, 0.4) is 0 Å². The van der Waals surface area contributed by atoms with E-state index >= 15 is 0 Å². The second-order valence-electron chi connectivity index (χ2n) is 0.0816. The van der Waals surface area contributed by atoms with Crippen LogP contribution in [0.25, 0.3) is 0 Å². The van der Waals surface area contributed by atoms with E-state index in [2.05, 4.69) is 5.04 Å². The van der Waals surface area contributed by atoms with Crippen molar-refractivity contribution in [3.63, 3.8) is 0 Å². The van der Waals surface area contributed by atoms with Gasteiger partial charge in [-0.25, -0.2) is 10.5 Å². The third kappa shape index (κ3) is 23.7. The summed E-state index contributed by atoms with van der Waals surface area (Å²) in [5, 5.41) is 15.5. The Balaban J connectivity index is 0. The molecule has 0 fully saturated rings. The molecule has 0 saturated heterocycles. The molecule has 0 aliphatic carbocycles. The maximum atomic E-state index is 6.62. The van der Waals surface area contributed by atoms with Crippen molar-refractivity contribution in [1.29, 1.82) is 0 Å². The Bertz CT molecular complexity index is 3.25. The fourth-order valence-corrected chi connectivity index (χ4v) is 0. The van der Waals surface area contributed by atoms with Gasteiger partial charge in [0.25, 0.3) is 0 Å². The number of hydrogen-bond acceptors (Lipinski definition) is 3. The van der Waals surface area contributed by atoms with Crippen molar-refractivity contribution in [2.24, 2.45) is 0 Å². The zero-order chi connectivity index (χ0) is 2.71. The molecule has 0 unspecified atom stereocenters. The summed E-state index contributed by atoms with van der Waals surface area (Å²) in [5.41, 5.74) is 0. The monoisotopic (exact) mass is 57.0 g/mol.